The molecule has 0 aliphatic heterocycles. The molecular weight excluding hydrogens is 227 g/mol. The fourth-order valence-corrected chi connectivity index (χ4v) is 1.45. The van der Waals surface area contributed by atoms with Crippen molar-refractivity contribution >= 4 is 34.4 Å². The van der Waals surface area contributed by atoms with Gasteiger partial charge in [-0.15, -0.1) is 0 Å². The second-order valence-electron chi connectivity index (χ2n) is 2.43. The van der Waals surface area contributed by atoms with Crippen molar-refractivity contribution in [3.8, 4) is 0 Å². The molecule has 0 bridgehead atoms. The summed E-state index contributed by atoms with van der Waals surface area (Å²) in [5, 5.41) is -0.694. The Morgan fingerprint density at radius 3 is 2.36 bits per heavy atom. The van der Waals surface area contributed by atoms with Crippen LogP contribution in [0.25, 0.3) is 0 Å². The van der Waals surface area contributed by atoms with Crippen LogP contribution in [0.15, 0.2) is 18.2 Å². The lowest BCUT2D eigenvalue weighted by atomic mass is 10.1. The highest BCUT2D eigenvalue weighted by atomic mass is 35.5. The van der Waals surface area contributed by atoms with Crippen LogP contribution in [-0.2, 0) is 4.74 Å². The number of hydrogen-bond donors (Lipinski definition) is 0. The van der Waals surface area contributed by atoms with E-state index in [4.69, 9.17) is 23.2 Å². The van der Waals surface area contributed by atoms with Gasteiger partial charge >= 0.3 is 5.97 Å². The minimum Gasteiger partial charge on any atom is -0.465 e. The molecule has 0 unspecified atom stereocenters. The topological polar surface area (TPSA) is 43.4 Å². The van der Waals surface area contributed by atoms with Gasteiger partial charge in [-0.2, -0.15) is 0 Å². The lowest BCUT2D eigenvalue weighted by Crippen LogP contribution is -2.04. The molecule has 0 fully saturated rings. The van der Waals surface area contributed by atoms with Gasteiger partial charge in [0.25, 0.3) is 5.24 Å². The molecule has 3 nitrogen and oxygen atoms in total. The van der Waals surface area contributed by atoms with E-state index >= 15 is 0 Å². The first-order valence-electron chi connectivity index (χ1n) is 3.64. The Balaban J connectivity index is 3.27. The van der Waals surface area contributed by atoms with Gasteiger partial charge in [-0.1, -0.05) is 17.7 Å². The van der Waals surface area contributed by atoms with Crippen molar-refractivity contribution in [3.63, 3.8) is 0 Å². The molecule has 0 saturated heterocycles. The summed E-state index contributed by atoms with van der Waals surface area (Å²) in [5.41, 5.74) is 0.219. The molecule has 0 spiro atoms. The first kappa shape index (κ1) is 11.0. The molecule has 1 rings (SSSR count). The van der Waals surface area contributed by atoms with E-state index in [0.29, 0.717) is 0 Å². The number of hydrogen-bond acceptors (Lipinski definition) is 3. The van der Waals surface area contributed by atoms with E-state index in [0.717, 1.165) is 0 Å². The van der Waals surface area contributed by atoms with Crippen molar-refractivity contribution in [3.05, 3.63) is 34.3 Å². The lowest BCUT2D eigenvalue weighted by molar-refractivity contribution is 0.0601. The van der Waals surface area contributed by atoms with Gasteiger partial charge in [0.1, 0.15) is 0 Å². The molecule has 1 aromatic rings. The van der Waals surface area contributed by atoms with Gasteiger partial charge in [-0.05, 0) is 23.7 Å². The zero-order valence-corrected chi connectivity index (χ0v) is 8.72. The molecule has 0 saturated carbocycles. The summed E-state index contributed by atoms with van der Waals surface area (Å²) in [6, 6.07) is 4.40. The second kappa shape index (κ2) is 4.44. The lowest BCUT2D eigenvalue weighted by Gasteiger charge is -2.04. The zero-order chi connectivity index (χ0) is 10.7. The normalized spacial score (nSPS) is 9.64. The first-order chi connectivity index (χ1) is 6.57. The van der Waals surface area contributed by atoms with Crippen LogP contribution < -0.4 is 0 Å². The molecule has 0 aromatic heterocycles. The van der Waals surface area contributed by atoms with E-state index < -0.39 is 11.2 Å². The molecule has 0 aliphatic carbocycles. The van der Waals surface area contributed by atoms with Crippen LogP contribution in [0.3, 0.4) is 0 Å². The molecule has 0 amide bonds. The maximum absolute atomic E-state index is 11.1. The van der Waals surface area contributed by atoms with Crippen molar-refractivity contribution in [2.45, 2.75) is 0 Å². The summed E-state index contributed by atoms with van der Waals surface area (Å²) in [5.74, 6) is -0.602. The van der Waals surface area contributed by atoms with E-state index in [2.05, 4.69) is 4.74 Å². The minimum absolute atomic E-state index is 0.0133. The number of esters is 1. The summed E-state index contributed by atoms with van der Waals surface area (Å²) >= 11 is 11.0. The predicted molar refractivity (Wildman–Crippen MR) is 53.0 cm³/mol. The smallest absolute Gasteiger partial charge is 0.339 e. The van der Waals surface area contributed by atoms with E-state index in [1.54, 1.807) is 0 Å². The van der Waals surface area contributed by atoms with Gasteiger partial charge in [-0.25, -0.2) is 4.79 Å². The third-order valence-electron chi connectivity index (χ3n) is 1.62. The summed E-state index contributed by atoms with van der Waals surface area (Å²) < 4.78 is 4.47. The average Bonchev–Trinajstić information content (AvgIpc) is 2.16. The van der Waals surface area contributed by atoms with Crippen molar-refractivity contribution in [1.82, 2.24) is 0 Å². The van der Waals surface area contributed by atoms with Crippen LogP contribution in [0, 0.1) is 0 Å². The van der Waals surface area contributed by atoms with Gasteiger partial charge in [0.2, 0.25) is 0 Å². The van der Waals surface area contributed by atoms with Gasteiger partial charge < -0.3 is 4.74 Å². The van der Waals surface area contributed by atoms with Gasteiger partial charge in [0, 0.05) is 0 Å². The Morgan fingerprint density at radius 2 is 1.86 bits per heavy atom. The summed E-state index contributed by atoms with van der Waals surface area (Å²) in [7, 11) is 1.23. The Labute approximate surface area is 90.6 Å². The number of ether oxygens (including phenoxy) is 1. The van der Waals surface area contributed by atoms with Gasteiger partial charge in [0.05, 0.1) is 23.3 Å². The maximum Gasteiger partial charge on any atom is 0.339 e. The molecule has 0 radical (unpaired) electrons. The number of carbonyl (C=O) groups is 2. The minimum atomic E-state index is -0.708. The summed E-state index contributed by atoms with van der Waals surface area (Å²) in [4.78, 5) is 22.0. The molecule has 0 heterocycles. The molecule has 0 atom stereocenters. The van der Waals surface area contributed by atoms with Crippen molar-refractivity contribution in [2.24, 2.45) is 0 Å². The standard InChI is InChI=1S/C9H6Cl2O3/c1-14-9(13)6-4-2-3-5(7(6)10)8(11)12/h2-4H,1H3. The van der Waals surface area contributed by atoms with Crippen LogP contribution in [0.2, 0.25) is 5.02 Å². The van der Waals surface area contributed by atoms with Crippen LogP contribution in [0.5, 0.6) is 0 Å². The molecule has 5 heteroatoms. The van der Waals surface area contributed by atoms with Crippen molar-refractivity contribution in [1.29, 1.82) is 0 Å². The highest BCUT2D eigenvalue weighted by Gasteiger charge is 2.16. The Kier molecular flexibility index (Phi) is 3.49. The van der Waals surface area contributed by atoms with Crippen LogP contribution in [0.4, 0.5) is 0 Å². The molecule has 0 N–H and O–H groups in total. The molecule has 1 aromatic carbocycles. The Bertz CT molecular complexity index is 388. The summed E-state index contributed by atoms with van der Waals surface area (Å²) in [6.45, 7) is 0. The Morgan fingerprint density at radius 1 is 1.29 bits per heavy atom. The van der Waals surface area contributed by atoms with Crippen LogP contribution in [0.1, 0.15) is 20.7 Å². The fourth-order valence-electron chi connectivity index (χ4n) is 0.951. The molecule has 14 heavy (non-hydrogen) atoms. The highest BCUT2D eigenvalue weighted by Crippen LogP contribution is 2.23. The van der Waals surface area contributed by atoms with Gasteiger partial charge in [0.15, 0.2) is 0 Å². The number of benzene rings is 1. The van der Waals surface area contributed by atoms with Crippen LogP contribution >= 0.6 is 23.2 Å². The monoisotopic (exact) mass is 232 g/mol. The number of rotatable bonds is 2. The third kappa shape index (κ3) is 2.05. The van der Waals surface area contributed by atoms with E-state index in [1.165, 1.54) is 25.3 Å². The van der Waals surface area contributed by atoms with Gasteiger partial charge in [-0.3, -0.25) is 4.79 Å². The summed E-state index contributed by atoms with van der Waals surface area (Å²) in [6.07, 6.45) is 0. The SMILES string of the molecule is COC(=O)c1cccc(C(=O)Cl)c1Cl. The van der Waals surface area contributed by atoms with Crippen molar-refractivity contribution in [2.75, 3.05) is 7.11 Å². The second-order valence-corrected chi connectivity index (χ2v) is 3.15. The number of methoxy groups -OCH3 is 1. The largest absolute Gasteiger partial charge is 0.465 e. The fraction of sp³-hybridized carbons (Fsp3) is 0.111. The zero-order valence-electron chi connectivity index (χ0n) is 7.21. The predicted octanol–water partition coefficient (Wildman–Crippen LogP) is 2.51. The molecule has 0 aliphatic rings. The van der Waals surface area contributed by atoms with Crippen LogP contribution in [-0.4, -0.2) is 18.3 Å². The first-order valence-corrected chi connectivity index (χ1v) is 4.40. The van der Waals surface area contributed by atoms with E-state index in [9.17, 15) is 9.59 Å². The number of halogens is 2. The van der Waals surface area contributed by atoms with E-state index in [-0.39, 0.29) is 16.1 Å². The Hall–Kier alpha value is -1.06. The van der Waals surface area contributed by atoms with Crippen molar-refractivity contribution < 1.29 is 14.3 Å². The third-order valence-corrected chi connectivity index (χ3v) is 2.23. The quantitative estimate of drug-likeness (QED) is 0.582. The highest BCUT2D eigenvalue weighted by molar-refractivity contribution is 6.68. The number of carbonyl (C=O) groups excluding carboxylic acids is 2. The molecular formula is C9H6Cl2O3. The maximum atomic E-state index is 11.1. The van der Waals surface area contributed by atoms with E-state index in [1.807, 2.05) is 0 Å². The molecule has 74 valence electrons. The average molecular weight is 233 g/mol.